The van der Waals surface area contributed by atoms with Crippen LogP contribution in [-0.4, -0.2) is 21.1 Å². The highest BCUT2D eigenvalue weighted by molar-refractivity contribution is 9.10. The van der Waals surface area contributed by atoms with Gasteiger partial charge in [-0.2, -0.15) is 5.26 Å². The molecule has 1 heterocycles. The summed E-state index contributed by atoms with van der Waals surface area (Å²) in [6, 6.07) is 9.60. The number of thioether (sulfide) groups is 1. The third kappa shape index (κ3) is 3.78. The number of nitrogens with two attached hydrogens (primary N) is 1. The quantitative estimate of drug-likeness (QED) is 0.492. The molecule has 0 aliphatic heterocycles. The first-order chi connectivity index (χ1) is 10.5. The highest BCUT2D eigenvalue weighted by Gasteiger charge is 2.14. The Balaban J connectivity index is 2.15. The molecule has 0 radical (unpaired) electrons. The largest absolute Gasteiger partial charge is 0.401 e. The summed E-state index contributed by atoms with van der Waals surface area (Å²) in [4.78, 5) is 16.2. The molecule has 2 rings (SSSR count). The van der Waals surface area contributed by atoms with E-state index in [1.54, 1.807) is 13.1 Å². The van der Waals surface area contributed by atoms with E-state index in [9.17, 15) is 4.79 Å². The van der Waals surface area contributed by atoms with E-state index in [1.165, 1.54) is 11.8 Å². The monoisotopic (exact) mass is 376 g/mol. The molecule has 0 saturated heterocycles. The topological polar surface area (TPSA) is 84.7 Å². The van der Waals surface area contributed by atoms with E-state index in [2.05, 4.69) is 20.9 Å². The molecule has 0 unspecified atom stereocenters. The fourth-order valence-electron chi connectivity index (χ4n) is 1.77. The number of ketones is 1. The predicted molar refractivity (Wildman–Crippen MR) is 89.5 cm³/mol. The number of Topliss-reactive ketones (excluding diaryl/α,β-unsaturated/α-hetero) is 1. The molecule has 1 aromatic heterocycles. The van der Waals surface area contributed by atoms with E-state index in [0.717, 1.165) is 10.2 Å². The first-order valence-corrected chi connectivity index (χ1v) is 8.12. The molecule has 0 spiro atoms. The van der Waals surface area contributed by atoms with Crippen molar-refractivity contribution in [1.82, 2.24) is 9.55 Å². The Labute approximate surface area is 141 Å². The Bertz CT molecular complexity index is 755. The van der Waals surface area contributed by atoms with Gasteiger partial charge in [0, 0.05) is 28.3 Å². The van der Waals surface area contributed by atoms with Crippen LogP contribution in [0.5, 0.6) is 0 Å². The first-order valence-electron chi connectivity index (χ1n) is 6.34. The normalized spacial score (nSPS) is 11.7. The zero-order valence-electron chi connectivity index (χ0n) is 11.8. The van der Waals surface area contributed by atoms with Crippen LogP contribution in [0, 0.1) is 11.3 Å². The second-order valence-electron chi connectivity index (χ2n) is 4.44. The minimum Gasteiger partial charge on any atom is -0.401 e. The van der Waals surface area contributed by atoms with Crippen LogP contribution in [0.1, 0.15) is 6.92 Å². The Hall–Kier alpha value is -2.04. The number of aromatic nitrogens is 2. The van der Waals surface area contributed by atoms with E-state index in [-0.39, 0.29) is 22.8 Å². The van der Waals surface area contributed by atoms with Crippen molar-refractivity contribution in [3.63, 3.8) is 0 Å². The number of carbonyl (C=O) groups is 1. The molecule has 0 bridgehead atoms. The second kappa shape index (κ2) is 7.29. The van der Waals surface area contributed by atoms with Crippen LogP contribution >= 0.6 is 27.7 Å². The fraction of sp³-hybridized carbons (Fsp3) is 0.133. The Kier molecular flexibility index (Phi) is 5.41. The highest BCUT2D eigenvalue weighted by atomic mass is 79.9. The lowest BCUT2D eigenvalue weighted by molar-refractivity contribution is -0.112. The van der Waals surface area contributed by atoms with Gasteiger partial charge < -0.3 is 5.73 Å². The van der Waals surface area contributed by atoms with Crippen LogP contribution in [0.15, 0.2) is 57.6 Å². The van der Waals surface area contributed by atoms with Crippen molar-refractivity contribution >= 4 is 33.5 Å². The van der Waals surface area contributed by atoms with Crippen molar-refractivity contribution in [2.24, 2.45) is 5.73 Å². The van der Waals surface area contributed by atoms with Gasteiger partial charge in [0.2, 0.25) is 0 Å². The summed E-state index contributed by atoms with van der Waals surface area (Å²) in [7, 11) is 0. The number of nitrogens with zero attached hydrogens (tertiary/aromatic N) is 3. The fourth-order valence-corrected chi connectivity index (χ4v) is 2.88. The van der Waals surface area contributed by atoms with E-state index in [4.69, 9.17) is 11.0 Å². The molecular weight excluding hydrogens is 364 g/mol. The van der Waals surface area contributed by atoms with E-state index in [0.29, 0.717) is 5.16 Å². The van der Waals surface area contributed by atoms with Gasteiger partial charge >= 0.3 is 0 Å². The van der Waals surface area contributed by atoms with Crippen LogP contribution in [0.4, 0.5) is 0 Å². The molecule has 0 atom stereocenters. The van der Waals surface area contributed by atoms with Crippen molar-refractivity contribution in [2.75, 3.05) is 5.75 Å². The molecule has 1 aromatic carbocycles. The van der Waals surface area contributed by atoms with E-state index in [1.807, 2.05) is 41.1 Å². The van der Waals surface area contributed by atoms with E-state index >= 15 is 0 Å². The molecular formula is C15H13BrN4OS. The third-order valence-electron chi connectivity index (χ3n) is 2.83. The van der Waals surface area contributed by atoms with Crippen molar-refractivity contribution in [3.05, 3.63) is 52.4 Å². The predicted octanol–water partition coefficient (Wildman–Crippen LogP) is 3.05. The number of carbonyl (C=O) groups excluding carboxylic acids is 1. The Morgan fingerprint density at radius 2 is 2.14 bits per heavy atom. The molecule has 0 fully saturated rings. The lowest BCUT2D eigenvalue weighted by Gasteiger charge is -2.07. The first kappa shape index (κ1) is 16.3. The maximum Gasteiger partial charge on any atom is 0.185 e. The van der Waals surface area contributed by atoms with Crippen LogP contribution < -0.4 is 5.73 Å². The molecule has 112 valence electrons. The molecule has 22 heavy (non-hydrogen) atoms. The number of halogens is 1. The zero-order valence-corrected chi connectivity index (χ0v) is 14.2. The Morgan fingerprint density at radius 3 is 2.73 bits per heavy atom. The van der Waals surface area contributed by atoms with Crippen molar-refractivity contribution in [3.8, 4) is 11.8 Å². The summed E-state index contributed by atoms with van der Waals surface area (Å²) in [6.45, 7) is 1.55. The number of imidazole rings is 1. The van der Waals surface area contributed by atoms with Gasteiger partial charge in [-0.15, -0.1) is 0 Å². The molecule has 5 nitrogen and oxygen atoms in total. The minimum absolute atomic E-state index is 0.00856. The number of benzene rings is 1. The van der Waals surface area contributed by atoms with Gasteiger partial charge in [-0.05, 0) is 31.2 Å². The van der Waals surface area contributed by atoms with Gasteiger partial charge in [0.05, 0.1) is 5.75 Å². The average molecular weight is 377 g/mol. The molecule has 7 heteroatoms. The second-order valence-corrected chi connectivity index (χ2v) is 6.30. The summed E-state index contributed by atoms with van der Waals surface area (Å²) in [5.41, 5.74) is 6.73. The molecule has 0 aliphatic carbocycles. The van der Waals surface area contributed by atoms with Gasteiger partial charge in [-0.3, -0.25) is 9.36 Å². The number of hydrogen-bond donors (Lipinski definition) is 1. The van der Waals surface area contributed by atoms with Gasteiger partial charge in [0.25, 0.3) is 0 Å². The molecule has 2 aromatic rings. The zero-order chi connectivity index (χ0) is 16.1. The maximum atomic E-state index is 12.0. The summed E-state index contributed by atoms with van der Waals surface area (Å²) in [6.07, 6.45) is 3.50. The number of nitriles is 1. The summed E-state index contributed by atoms with van der Waals surface area (Å²) in [5, 5.41) is 9.62. The van der Waals surface area contributed by atoms with Crippen LogP contribution in [-0.2, 0) is 4.79 Å². The highest BCUT2D eigenvalue weighted by Crippen LogP contribution is 2.22. The van der Waals surface area contributed by atoms with Gasteiger partial charge in [0.15, 0.2) is 10.9 Å². The van der Waals surface area contributed by atoms with Crippen LogP contribution in [0.25, 0.3) is 5.69 Å². The van der Waals surface area contributed by atoms with Gasteiger partial charge in [-0.1, -0.05) is 27.7 Å². The number of hydrogen-bond acceptors (Lipinski definition) is 5. The maximum absolute atomic E-state index is 12.0. The molecule has 0 saturated carbocycles. The Morgan fingerprint density at radius 1 is 1.45 bits per heavy atom. The standard InChI is InChI=1S/C15H13BrN4OS/c1-10(18)13(8-17)14(21)9-22-15-19-6-7-20(15)12-4-2-11(16)3-5-12/h2-7H,9,18H2,1H3/b13-10+. The minimum atomic E-state index is -0.294. The third-order valence-corrected chi connectivity index (χ3v) is 4.32. The number of allylic oxidation sites excluding steroid dienone is 2. The van der Waals surface area contributed by atoms with Crippen LogP contribution in [0.2, 0.25) is 0 Å². The van der Waals surface area contributed by atoms with Crippen LogP contribution in [0.3, 0.4) is 0 Å². The summed E-state index contributed by atoms with van der Waals surface area (Å²) in [5.74, 6) is -0.178. The summed E-state index contributed by atoms with van der Waals surface area (Å²) >= 11 is 4.66. The van der Waals surface area contributed by atoms with Gasteiger partial charge in [-0.25, -0.2) is 4.98 Å². The SMILES string of the molecule is C/C(N)=C(/C#N)C(=O)CSc1nccn1-c1ccc(Br)cc1. The number of rotatable bonds is 5. The van der Waals surface area contributed by atoms with Crippen molar-refractivity contribution in [1.29, 1.82) is 5.26 Å². The average Bonchev–Trinajstić information content (AvgIpc) is 2.94. The smallest absolute Gasteiger partial charge is 0.185 e. The van der Waals surface area contributed by atoms with Gasteiger partial charge in [0.1, 0.15) is 11.6 Å². The lowest BCUT2D eigenvalue weighted by atomic mass is 10.2. The summed E-state index contributed by atoms with van der Waals surface area (Å²) < 4.78 is 2.87. The molecule has 0 aliphatic rings. The van der Waals surface area contributed by atoms with E-state index < -0.39 is 0 Å². The van der Waals surface area contributed by atoms with Crippen molar-refractivity contribution in [2.45, 2.75) is 12.1 Å². The lowest BCUT2D eigenvalue weighted by Crippen LogP contribution is -2.10. The molecule has 2 N–H and O–H groups in total. The molecule has 0 amide bonds. The van der Waals surface area contributed by atoms with Crippen molar-refractivity contribution < 1.29 is 4.79 Å².